The Morgan fingerprint density at radius 3 is 2.86 bits per heavy atom. The lowest BCUT2D eigenvalue weighted by molar-refractivity contribution is -0.137. The normalized spacial score (nSPS) is 17.1. The lowest BCUT2D eigenvalue weighted by Gasteiger charge is -2.21. The third-order valence-corrected chi connectivity index (χ3v) is 4.47. The Hall–Kier alpha value is -3.30. The number of halogens is 3. The van der Waals surface area contributed by atoms with Crippen molar-refractivity contribution in [3.8, 4) is 11.4 Å². The van der Waals surface area contributed by atoms with E-state index < -0.39 is 17.8 Å². The summed E-state index contributed by atoms with van der Waals surface area (Å²) in [6.45, 7) is 0.487. The molecule has 1 aliphatic rings. The maximum absolute atomic E-state index is 12.9. The second-order valence-corrected chi connectivity index (χ2v) is 6.28. The second-order valence-electron chi connectivity index (χ2n) is 6.28. The molecule has 10 heteroatoms. The summed E-state index contributed by atoms with van der Waals surface area (Å²) >= 11 is 0. The van der Waals surface area contributed by atoms with Gasteiger partial charge in [0.15, 0.2) is 0 Å². The monoisotopic (exact) mass is 389 g/mol. The highest BCUT2D eigenvalue weighted by molar-refractivity contribution is 5.92. The molecule has 0 spiro atoms. The standard InChI is InChI=1S/C18H14F3N5O2/c19-18(20,21)12-4-1-3-11(9-12)15-24-16(28-25-15)14-5-2-8-26(14)17(27)13-10-22-6-7-23-13/h1,3-4,6-7,9-10,14H,2,5,8H2/t14-/m0/s1. The van der Waals surface area contributed by atoms with Crippen LogP contribution in [0.5, 0.6) is 0 Å². The molecule has 4 rings (SSSR count). The van der Waals surface area contributed by atoms with Gasteiger partial charge in [-0.15, -0.1) is 0 Å². The first kappa shape index (κ1) is 18.1. The predicted molar refractivity (Wildman–Crippen MR) is 89.8 cm³/mol. The number of amides is 1. The van der Waals surface area contributed by atoms with Crippen LogP contribution in [0, 0.1) is 0 Å². The lowest BCUT2D eigenvalue weighted by atomic mass is 10.1. The van der Waals surface area contributed by atoms with Crippen molar-refractivity contribution in [2.75, 3.05) is 6.54 Å². The predicted octanol–water partition coefficient (Wildman–Crippen LogP) is 3.52. The van der Waals surface area contributed by atoms with E-state index in [1.807, 2.05) is 0 Å². The Labute approximate surface area is 157 Å². The van der Waals surface area contributed by atoms with Crippen LogP contribution in [0.25, 0.3) is 11.4 Å². The highest BCUT2D eigenvalue weighted by atomic mass is 19.4. The molecule has 1 aromatic carbocycles. The van der Waals surface area contributed by atoms with E-state index >= 15 is 0 Å². The number of alkyl halides is 3. The van der Waals surface area contributed by atoms with E-state index in [-0.39, 0.29) is 28.9 Å². The zero-order valence-corrected chi connectivity index (χ0v) is 14.4. The zero-order valence-electron chi connectivity index (χ0n) is 14.4. The Kier molecular flexibility index (Phi) is 4.54. The van der Waals surface area contributed by atoms with Crippen LogP contribution in [-0.2, 0) is 6.18 Å². The van der Waals surface area contributed by atoms with Crippen LogP contribution in [0.3, 0.4) is 0 Å². The first-order valence-corrected chi connectivity index (χ1v) is 8.52. The Bertz CT molecular complexity index is 990. The quantitative estimate of drug-likeness (QED) is 0.681. The van der Waals surface area contributed by atoms with E-state index in [2.05, 4.69) is 20.1 Å². The molecule has 0 bridgehead atoms. The van der Waals surface area contributed by atoms with Gasteiger partial charge in [0.05, 0.1) is 11.8 Å². The van der Waals surface area contributed by atoms with E-state index in [1.165, 1.54) is 30.7 Å². The van der Waals surface area contributed by atoms with Crippen molar-refractivity contribution >= 4 is 5.91 Å². The molecule has 1 atom stereocenters. The molecule has 2 aromatic heterocycles. The molecular weight excluding hydrogens is 375 g/mol. The van der Waals surface area contributed by atoms with Crippen molar-refractivity contribution in [2.24, 2.45) is 0 Å². The van der Waals surface area contributed by atoms with Crippen LogP contribution in [0.2, 0.25) is 0 Å². The van der Waals surface area contributed by atoms with Crippen molar-refractivity contribution in [1.29, 1.82) is 0 Å². The van der Waals surface area contributed by atoms with Gasteiger partial charge in [0, 0.05) is 24.5 Å². The van der Waals surface area contributed by atoms with Gasteiger partial charge in [-0.3, -0.25) is 9.78 Å². The van der Waals surface area contributed by atoms with E-state index in [0.29, 0.717) is 13.0 Å². The summed E-state index contributed by atoms with van der Waals surface area (Å²) in [7, 11) is 0. The topological polar surface area (TPSA) is 85.0 Å². The van der Waals surface area contributed by atoms with Crippen LogP contribution in [0.1, 0.15) is 40.8 Å². The van der Waals surface area contributed by atoms with Gasteiger partial charge in [0.25, 0.3) is 5.91 Å². The molecule has 3 heterocycles. The van der Waals surface area contributed by atoms with Crippen molar-refractivity contribution < 1.29 is 22.5 Å². The van der Waals surface area contributed by atoms with Crippen molar-refractivity contribution in [3.05, 3.63) is 60.0 Å². The maximum atomic E-state index is 12.9. The number of hydrogen-bond acceptors (Lipinski definition) is 6. The van der Waals surface area contributed by atoms with Gasteiger partial charge in [0.2, 0.25) is 11.7 Å². The summed E-state index contributed by atoms with van der Waals surface area (Å²) < 4.78 is 44.0. The minimum absolute atomic E-state index is 0.0416. The van der Waals surface area contributed by atoms with Crippen LogP contribution in [-0.4, -0.2) is 37.5 Å². The molecule has 1 aliphatic heterocycles. The molecule has 1 fully saturated rings. The van der Waals surface area contributed by atoms with Crippen molar-refractivity contribution in [1.82, 2.24) is 25.0 Å². The largest absolute Gasteiger partial charge is 0.416 e. The average Bonchev–Trinajstić information content (AvgIpc) is 3.37. The Morgan fingerprint density at radius 1 is 1.25 bits per heavy atom. The number of benzene rings is 1. The number of carbonyl (C=O) groups is 1. The summed E-state index contributed by atoms with van der Waals surface area (Å²) in [6, 6.07) is 4.24. The number of hydrogen-bond donors (Lipinski definition) is 0. The molecule has 7 nitrogen and oxygen atoms in total. The molecule has 0 aliphatic carbocycles. The Balaban J connectivity index is 1.60. The van der Waals surface area contributed by atoms with Gasteiger partial charge < -0.3 is 9.42 Å². The van der Waals surface area contributed by atoms with Gasteiger partial charge in [-0.2, -0.15) is 18.2 Å². The van der Waals surface area contributed by atoms with E-state index in [1.54, 1.807) is 4.90 Å². The van der Waals surface area contributed by atoms with Gasteiger partial charge in [0.1, 0.15) is 11.7 Å². The van der Waals surface area contributed by atoms with Crippen molar-refractivity contribution in [3.63, 3.8) is 0 Å². The molecule has 3 aromatic rings. The maximum Gasteiger partial charge on any atom is 0.416 e. The summed E-state index contributed by atoms with van der Waals surface area (Å²) in [5.74, 6) is -0.0866. The fourth-order valence-electron chi connectivity index (χ4n) is 3.15. The summed E-state index contributed by atoms with van der Waals surface area (Å²) in [6.07, 6.45) is 1.15. The fourth-order valence-corrected chi connectivity index (χ4v) is 3.15. The summed E-state index contributed by atoms with van der Waals surface area (Å²) in [5.41, 5.74) is -0.404. The SMILES string of the molecule is O=C(c1cnccn1)N1CCC[C@H]1c1nc(-c2cccc(C(F)(F)F)c2)no1. The zero-order chi connectivity index (χ0) is 19.7. The second kappa shape index (κ2) is 7.02. The molecule has 0 saturated carbocycles. The minimum atomic E-state index is -4.46. The smallest absolute Gasteiger partial charge is 0.337 e. The van der Waals surface area contributed by atoms with Crippen LogP contribution >= 0.6 is 0 Å². The Morgan fingerprint density at radius 2 is 2.11 bits per heavy atom. The third-order valence-electron chi connectivity index (χ3n) is 4.47. The summed E-state index contributed by atoms with van der Waals surface area (Å²) in [5, 5.41) is 3.80. The van der Waals surface area contributed by atoms with E-state index in [9.17, 15) is 18.0 Å². The number of likely N-dealkylation sites (tertiary alicyclic amines) is 1. The highest BCUT2D eigenvalue weighted by Crippen LogP contribution is 2.34. The van der Waals surface area contributed by atoms with Gasteiger partial charge in [-0.05, 0) is 25.0 Å². The number of carbonyl (C=O) groups excluding carboxylic acids is 1. The number of aromatic nitrogens is 4. The van der Waals surface area contributed by atoms with Gasteiger partial charge in [-0.1, -0.05) is 17.3 Å². The van der Waals surface area contributed by atoms with Crippen molar-refractivity contribution in [2.45, 2.75) is 25.1 Å². The molecular formula is C18H14F3N5O2. The van der Waals surface area contributed by atoms with Gasteiger partial charge in [-0.25, -0.2) is 4.98 Å². The molecule has 28 heavy (non-hydrogen) atoms. The first-order chi connectivity index (χ1) is 13.4. The average molecular weight is 389 g/mol. The third kappa shape index (κ3) is 3.45. The molecule has 0 radical (unpaired) electrons. The first-order valence-electron chi connectivity index (χ1n) is 8.52. The summed E-state index contributed by atoms with van der Waals surface area (Å²) in [4.78, 5) is 26.4. The molecule has 1 amide bonds. The molecule has 144 valence electrons. The molecule has 0 unspecified atom stereocenters. The fraction of sp³-hybridized carbons (Fsp3) is 0.278. The number of rotatable bonds is 3. The lowest BCUT2D eigenvalue weighted by Crippen LogP contribution is -2.31. The highest BCUT2D eigenvalue weighted by Gasteiger charge is 2.35. The van der Waals surface area contributed by atoms with E-state index in [4.69, 9.17) is 4.52 Å². The van der Waals surface area contributed by atoms with Crippen LogP contribution < -0.4 is 0 Å². The number of nitrogens with zero attached hydrogens (tertiary/aromatic N) is 5. The molecule has 0 N–H and O–H groups in total. The minimum Gasteiger partial charge on any atom is -0.337 e. The van der Waals surface area contributed by atoms with Crippen LogP contribution in [0.15, 0.2) is 47.4 Å². The molecule has 1 saturated heterocycles. The van der Waals surface area contributed by atoms with E-state index in [0.717, 1.165) is 18.6 Å². The van der Waals surface area contributed by atoms with Crippen LogP contribution in [0.4, 0.5) is 13.2 Å². The van der Waals surface area contributed by atoms with Gasteiger partial charge >= 0.3 is 6.18 Å².